The van der Waals surface area contributed by atoms with Gasteiger partial charge in [-0.1, -0.05) is 18.2 Å². The molecule has 3 amide bonds. The first-order chi connectivity index (χ1) is 12.1. The molecule has 2 aromatic rings. The first-order valence-electron chi connectivity index (χ1n) is 8.31. The van der Waals surface area contributed by atoms with Crippen LogP contribution in [-0.4, -0.2) is 24.0 Å². The van der Waals surface area contributed by atoms with Gasteiger partial charge in [0.15, 0.2) is 0 Å². The van der Waals surface area contributed by atoms with Crippen LogP contribution in [0.4, 0.5) is 10.5 Å². The van der Waals surface area contributed by atoms with Gasteiger partial charge in [-0.05, 0) is 56.2 Å². The Balaban J connectivity index is 1.49. The third kappa shape index (κ3) is 5.24. The van der Waals surface area contributed by atoms with Crippen molar-refractivity contribution in [3.63, 3.8) is 0 Å². The predicted octanol–water partition coefficient (Wildman–Crippen LogP) is 3.27. The molecule has 0 saturated heterocycles. The van der Waals surface area contributed by atoms with E-state index in [1.807, 2.05) is 54.6 Å². The predicted molar refractivity (Wildman–Crippen MR) is 95.7 cm³/mol. The molecule has 0 aromatic heterocycles. The van der Waals surface area contributed by atoms with Gasteiger partial charge in [0.05, 0.1) is 0 Å². The van der Waals surface area contributed by atoms with Crippen LogP contribution in [0.5, 0.6) is 11.5 Å². The minimum atomic E-state index is -0.536. The molecule has 0 spiro atoms. The molecular formula is C19H21N3O3. The minimum Gasteiger partial charge on any atom is -0.457 e. The maximum absolute atomic E-state index is 12.0. The van der Waals surface area contributed by atoms with Crippen LogP contribution in [0.1, 0.15) is 19.8 Å². The fourth-order valence-electron chi connectivity index (χ4n) is 2.23. The zero-order valence-corrected chi connectivity index (χ0v) is 14.0. The fourth-order valence-corrected chi connectivity index (χ4v) is 2.23. The highest BCUT2D eigenvalue weighted by Gasteiger charge is 2.24. The van der Waals surface area contributed by atoms with Gasteiger partial charge in [0.1, 0.15) is 17.5 Å². The number of rotatable bonds is 6. The number of carbonyl (C=O) groups is 2. The number of ether oxygens (including phenoxy) is 1. The van der Waals surface area contributed by atoms with Crippen LogP contribution in [0.15, 0.2) is 54.6 Å². The fraction of sp³-hybridized carbons (Fsp3) is 0.263. The van der Waals surface area contributed by atoms with E-state index in [2.05, 4.69) is 16.0 Å². The summed E-state index contributed by atoms with van der Waals surface area (Å²) in [6.07, 6.45) is 1.96. The van der Waals surface area contributed by atoms with E-state index < -0.39 is 12.1 Å². The van der Waals surface area contributed by atoms with Crippen molar-refractivity contribution >= 4 is 17.6 Å². The molecule has 1 atom stereocenters. The second-order valence-corrected chi connectivity index (χ2v) is 6.04. The number of anilines is 1. The Kier molecular flexibility index (Phi) is 5.18. The first kappa shape index (κ1) is 16.8. The maximum atomic E-state index is 12.0. The molecule has 0 radical (unpaired) electrons. The molecule has 130 valence electrons. The molecule has 1 fully saturated rings. The third-order valence-corrected chi connectivity index (χ3v) is 3.76. The van der Waals surface area contributed by atoms with Gasteiger partial charge in [-0.3, -0.25) is 10.1 Å². The van der Waals surface area contributed by atoms with E-state index in [0.29, 0.717) is 5.75 Å². The topological polar surface area (TPSA) is 79.5 Å². The van der Waals surface area contributed by atoms with E-state index in [1.54, 1.807) is 6.92 Å². The smallest absolute Gasteiger partial charge is 0.321 e. The average Bonchev–Trinajstić information content (AvgIpc) is 3.41. The Hall–Kier alpha value is -3.02. The molecule has 1 unspecified atom stereocenters. The van der Waals surface area contributed by atoms with Gasteiger partial charge in [-0.15, -0.1) is 0 Å². The average molecular weight is 339 g/mol. The van der Waals surface area contributed by atoms with Crippen LogP contribution in [0.2, 0.25) is 0 Å². The second kappa shape index (κ2) is 7.70. The zero-order chi connectivity index (χ0) is 17.6. The monoisotopic (exact) mass is 339 g/mol. The molecule has 3 N–H and O–H groups in total. The van der Waals surface area contributed by atoms with Gasteiger partial charge >= 0.3 is 6.03 Å². The van der Waals surface area contributed by atoms with Crippen molar-refractivity contribution < 1.29 is 14.3 Å². The highest BCUT2D eigenvalue weighted by molar-refractivity contribution is 5.98. The minimum absolute atomic E-state index is 0.216. The number of hydrogen-bond acceptors (Lipinski definition) is 4. The molecule has 2 aromatic carbocycles. The molecule has 6 heteroatoms. The number of para-hydroxylation sites is 1. The van der Waals surface area contributed by atoms with E-state index in [0.717, 1.165) is 24.3 Å². The van der Waals surface area contributed by atoms with Crippen LogP contribution in [-0.2, 0) is 4.79 Å². The molecule has 3 rings (SSSR count). The van der Waals surface area contributed by atoms with Gasteiger partial charge in [-0.2, -0.15) is 0 Å². The molecule has 1 aliphatic carbocycles. The van der Waals surface area contributed by atoms with Gasteiger partial charge in [0.2, 0.25) is 5.91 Å². The quantitative estimate of drug-likeness (QED) is 0.755. The lowest BCUT2D eigenvalue weighted by atomic mass is 10.2. The molecule has 6 nitrogen and oxygen atoms in total. The summed E-state index contributed by atoms with van der Waals surface area (Å²) in [5.41, 5.74) is 0.769. The second-order valence-electron chi connectivity index (χ2n) is 6.04. The lowest BCUT2D eigenvalue weighted by molar-refractivity contribution is -0.120. The third-order valence-electron chi connectivity index (χ3n) is 3.76. The van der Waals surface area contributed by atoms with Crippen molar-refractivity contribution in [2.75, 3.05) is 5.32 Å². The van der Waals surface area contributed by atoms with Crippen LogP contribution >= 0.6 is 0 Å². The summed E-state index contributed by atoms with van der Waals surface area (Å²) < 4.78 is 5.72. The summed E-state index contributed by atoms with van der Waals surface area (Å²) in [6, 6.07) is 16.0. The summed E-state index contributed by atoms with van der Waals surface area (Å²) in [5.74, 6) is 1.10. The Morgan fingerprint density at radius 1 is 1.00 bits per heavy atom. The molecule has 0 bridgehead atoms. The van der Waals surface area contributed by atoms with E-state index in [-0.39, 0.29) is 11.9 Å². The van der Waals surface area contributed by atoms with Crippen molar-refractivity contribution in [3.8, 4) is 11.5 Å². The number of benzene rings is 2. The standard InChI is InChI=1S/C19H21N3O3/c1-13(18(23)22-19(24)21-15-7-8-15)20-14-9-11-17(12-10-14)25-16-5-3-2-4-6-16/h2-6,9-13,15,20H,7-8H2,1H3,(H2,21,22,23,24). The highest BCUT2D eigenvalue weighted by atomic mass is 16.5. The number of imide groups is 1. The van der Waals surface area contributed by atoms with E-state index in [4.69, 9.17) is 4.74 Å². The molecule has 0 aliphatic heterocycles. The zero-order valence-electron chi connectivity index (χ0n) is 14.0. The molecule has 0 heterocycles. The Morgan fingerprint density at radius 3 is 2.28 bits per heavy atom. The Bertz CT molecular complexity index is 727. The van der Waals surface area contributed by atoms with Crippen molar-refractivity contribution in [3.05, 3.63) is 54.6 Å². The number of hydrogen-bond donors (Lipinski definition) is 3. The summed E-state index contributed by atoms with van der Waals surface area (Å²) in [6.45, 7) is 1.70. The molecule has 1 saturated carbocycles. The summed E-state index contributed by atoms with van der Waals surface area (Å²) >= 11 is 0. The van der Waals surface area contributed by atoms with E-state index >= 15 is 0 Å². The summed E-state index contributed by atoms with van der Waals surface area (Å²) in [7, 11) is 0. The van der Waals surface area contributed by atoms with Crippen LogP contribution in [0, 0.1) is 0 Å². The first-order valence-corrected chi connectivity index (χ1v) is 8.31. The van der Waals surface area contributed by atoms with Gasteiger partial charge in [-0.25, -0.2) is 4.79 Å². The normalized spacial score (nSPS) is 14.3. The molecule has 1 aliphatic rings. The number of nitrogens with one attached hydrogen (secondary N) is 3. The van der Waals surface area contributed by atoms with Crippen molar-refractivity contribution in [1.29, 1.82) is 0 Å². The van der Waals surface area contributed by atoms with Crippen molar-refractivity contribution in [1.82, 2.24) is 10.6 Å². The van der Waals surface area contributed by atoms with Gasteiger partial charge in [0, 0.05) is 11.7 Å². The van der Waals surface area contributed by atoms with Crippen molar-refractivity contribution in [2.24, 2.45) is 0 Å². The molecule has 25 heavy (non-hydrogen) atoms. The Labute approximate surface area is 146 Å². The lowest BCUT2D eigenvalue weighted by Gasteiger charge is -2.15. The Morgan fingerprint density at radius 2 is 1.64 bits per heavy atom. The number of urea groups is 1. The van der Waals surface area contributed by atoms with Crippen LogP contribution in [0.25, 0.3) is 0 Å². The SMILES string of the molecule is CC(Nc1ccc(Oc2ccccc2)cc1)C(=O)NC(=O)NC1CC1. The lowest BCUT2D eigenvalue weighted by Crippen LogP contribution is -2.46. The van der Waals surface area contributed by atoms with Crippen molar-refractivity contribution in [2.45, 2.75) is 31.8 Å². The van der Waals surface area contributed by atoms with Crippen LogP contribution < -0.4 is 20.7 Å². The summed E-state index contributed by atoms with van der Waals surface area (Å²) in [4.78, 5) is 23.6. The summed E-state index contributed by atoms with van der Waals surface area (Å²) in [5, 5.41) is 8.12. The molecular weight excluding hydrogens is 318 g/mol. The highest BCUT2D eigenvalue weighted by Crippen LogP contribution is 2.23. The van der Waals surface area contributed by atoms with Gasteiger partial charge < -0.3 is 15.4 Å². The van der Waals surface area contributed by atoms with E-state index in [1.165, 1.54) is 0 Å². The number of carbonyl (C=O) groups excluding carboxylic acids is 2. The van der Waals surface area contributed by atoms with E-state index in [9.17, 15) is 9.59 Å². The van der Waals surface area contributed by atoms with Gasteiger partial charge in [0.25, 0.3) is 0 Å². The number of amides is 3. The largest absolute Gasteiger partial charge is 0.457 e. The van der Waals surface area contributed by atoms with Crippen LogP contribution in [0.3, 0.4) is 0 Å². The maximum Gasteiger partial charge on any atom is 0.321 e.